The van der Waals surface area contributed by atoms with Gasteiger partial charge >= 0.3 is 0 Å². The number of rotatable bonds is 3. The highest BCUT2D eigenvalue weighted by Crippen LogP contribution is 2.42. The summed E-state index contributed by atoms with van der Waals surface area (Å²) >= 11 is 0. The minimum absolute atomic E-state index is 0.0178. The number of fused-ring (bicyclic) bond motifs is 1. The standard InChI is InChI=1S/C11H15NO3/c1-7(12-2)5-8-3-4-9-11(10(8)13)15-6-14-9/h3-4,7,12-13H,5-6H2,1-2H3/t7-/m1/s1/i2D3. The Labute approximate surface area is 93.0 Å². The lowest BCUT2D eigenvalue weighted by atomic mass is 10.1. The second-order valence-electron chi connectivity index (χ2n) is 3.56. The molecule has 15 heavy (non-hydrogen) atoms. The highest BCUT2D eigenvalue weighted by molar-refractivity contribution is 5.56. The Kier molecular flexibility index (Phi) is 1.85. The molecule has 0 saturated heterocycles. The van der Waals surface area contributed by atoms with E-state index < -0.39 is 6.98 Å². The van der Waals surface area contributed by atoms with E-state index in [4.69, 9.17) is 13.6 Å². The first-order chi connectivity index (χ1) is 8.37. The van der Waals surface area contributed by atoms with Crippen molar-refractivity contribution in [1.29, 1.82) is 0 Å². The fourth-order valence-electron chi connectivity index (χ4n) is 1.54. The maximum atomic E-state index is 9.98. The van der Waals surface area contributed by atoms with Crippen LogP contribution in [0.3, 0.4) is 0 Å². The molecule has 4 heteroatoms. The van der Waals surface area contributed by atoms with Crippen molar-refractivity contribution in [2.45, 2.75) is 19.4 Å². The zero-order valence-corrected chi connectivity index (χ0v) is 8.41. The Morgan fingerprint density at radius 3 is 3.27 bits per heavy atom. The summed E-state index contributed by atoms with van der Waals surface area (Å²) in [5.74, 6) is 0.852. The number of hydrogen-bond donors (Lipinski definition) is 2. The fourth-order valence-corrected chi connectivity index (χ4v) is 1.54. The van der Waals surface area contributed by atoms with Gasteiger partial charge in [-0.25, -0.2) is 0 Å². The molecule has 2 N–H and O–H groups in total. The van der Waals surface area contributed by atoms with Crippen LogP contribution in [0.2, 0.25) is 0 Å². The van der Waals surface area contributed by atoms with Gasteiger partial charge in [-0.05, 0) is 32.0 Å². The molecule has 1 atom stereocenters. The first-order valence-corrected chi connectivity index (χ1v) is 4.75. The maximum absolute atomic E-state index is 9.98. The summed E-state index contributed by atoms with van der Waals surface area (Å²) in [6, 6.07) is 3.13. The summed E-state index contributed by atoms with van der Waals surface area (Å²) in [6.45, 7) is -0.350. The van der Waals surface area contributed by atoms with Gasteiger partial charge in [-0.15, -0.1) is 0 Å². The summed E-state index contributed by atoms with van der Waals surface area (Å²) in [5, 5.41) is 12.5. The second kappa shape index (κ2) is 3.98. The van der Waals surface area contributed by atoms with E-state index in [0.717, 1.165) is 0 Å². The molecule has 0 unspecified atom stereocenters. The predicted octanol–water partition coefficient (Wildman–Crippen LogP) is 1.27. The summed E-state index contributed by atoms with van der Waals surface area (Å²) in [4.78, 5) is 0. The van der Waals surface area contributed by atoms with E-state index in [9.17, 15) is 5.11 Å². The molecule has 0 aliphatic carbocycles. The molecule has 0 saturated carbocycles. The summed E-state index contributed by atoms with van der Waals surface area (Å²) < 4.78 is 31.6. The van der Waals surface area contributed by atoms with Crippen LogP contribution >= 0.6 is 0 Å². The van der Waals surface area contributed by atoms with Crippen molar-refractivity contribution < 1.29 is 18.7 Å². The Balaban J connectivity index is 2.11. The number of benzene rings is 1. The molecule has 1 aromatic rings. The number of hydrogen-bond acceptors (Lipinski definition) is 4. The van der Waals surface area contributed by atoms with E-state index in [1.807, 2.05) is 0 Å². The zero-order valence-electron chi connectivity index (χ0n) is 11.4. The van der Waals surface area contributed by atoms with Gasteiger partial charge in [0.2, 0.25) is 12.5 Å². The summed E-state index contributed by atoms with van der Waals surface area (Å²) in [6.07, 6.45) is 0.390. The molecule has 0 spiro atoms. The second-order valence-corrected chi connectivity index (χ2v) is 3.56. The molecule has 0 amide bonds. The number of ether oxygens (including phenoxy) is 2. The SMILES string of the molecule is [2H]C([2H])([2H])N[C@H](C)Cc1ccc2c(c1O)OCO2. The Hall–Kier alpha value is -1.42. The van der Waals surface area contributed by atoms with Gasteiger partial charge in [-0.1, -0.05) is 6.07 Å². The van der Waals surface area contributed by atoms with Crippen LogP contribution < -0.4 is 14.8 Å². The van der Waals surface area contributed by atoms with E-state index in [1.165, 1.54) is 0 Å². The Bertz CT molecular complexity index is 448. The van der Waals surface area contributed by atoms with Gasteiger partial charge in [0.1, 0.15) is 0 Å². The van der Waals surface area contributed by atoms with Crippen molar-refractivity contribution in [2.24, 2.45) is 0 Å². The van der Waals surface area contributed by atoms with E-state index >= 15 is 0 Å². The van der Waals surface area contributed by atoms with Gasteiger partial charge in [0, 0.05) is 10.2 Å². The van der Waals surface area contributed by atoms with Crippen molar-refractivity contribution in [3.05, 3.63) is 17.7 Å². The topological polar surface area (TPSA) is 50.7 Å². The van der Waals surface area contributed by atoms with Gasteiger partial charge in [0.25, 0.3) is 0 Å². The van der Waals surface area contributed by atoms with Gasteiger partial charge < -0.3 is 19.9 Å². The molecular formula is C11H15NO3. The number of aromatic hydroxyl groups is 1. The highest BCUT2D eigenvalue weighted by Gasteiger charge is 2.20. The van der Waals surface area contributed by atoms with Gasteiger partial charge in [-0.2, -0.15) is 0 Å². The van der Waals surface area contributed by atoms with Crippen LogP contribution in [-0.2, 0) is 6.42 Å². The minimum atomic E-state index is -2.19. The van der Waals surface area contributed by atoms with E-state index in [1.54, 1.807) is 19.1 Å². The van der Waals surface area contributed by atoms with Crippen LogP contribution in [0.5, 0.6) is 17.2 Å². The molecule has 82 valence electrons. The molecule has 1 aromatic carbocycles. The minimum Gasteiger partial charge on any atom is -0.504 e. The number of likely N-dealkylation sites (N-methyl/N-ethyl adjacent to an activating group) is 1. The third kappa shape index (κ3) is 1.85. The van der Waals surface area contributed by atoms with Crippen molar-refractivity contribution in [1.82, 2.24) is 5.32 Å². The Morgan fingerprint density at radius 2 is 2.47 bits per heavy atom. The first-order valence-electron chi connectivity index (χ1n) is 6.25. The molecule has 0 fully saturated rings. The predicted molar refractivity (Wildman–Crippen MR) is 56.5 cm³/mol. The quantitative estimate of drug-likeness (QED) is 0.792. The van der Waals surface area contributed by atoms with Gasteiger partial charge in [-0.3, -0.25) is 0 Å². The van der Waals surface area contributed by atoms with Crippen LogP contribution in [0, 0.1) is 0 Å². The number of phenols is 1. The van der Waals surface area contributed by atoms with Gasteiger partial charge in [0.15, 0.2) is 11.5 Å². The lowest BCUT2D eigenvalue weighted by Gasteiger charge is -2.12. The van der Waals surface area contributed by atoms with Crippen LogP contribution in [-0.4, -0.2) is 24.9 Å². The molecule has 1 aliphatic rings. The third-order valence-electron chi connectivity index (χ3n) is 2.37. The average molecular weight is 212 g/mol. The summed E-state index contributed by atoms with van der Waals surface area (Å²) in [5.41, 5.74) is 0.628. The lowest BCUT2D eigenvalue weighted by molar-refractivity contribution is 0.171. The molecule has 0 radical (unpaired) electrons. The van der Waals surface area contributed by atoms with Crippen LogP contribution in [0.4, 0.5) is 0 Å². The third-order valence-corrected chi connectivity index (χ3v) is 2.37. The molecule has 0 aromatic heterocycles. The van der Waals surface area contributed by atoms with E-state index in [2.05, 4.69) is 5.32 Å². The molecule has 0 bridgehead atoms. The zero-order chi connectivity index (χ0) is 13.3. The van der Waals surface area contributed by atoms with Crippen molar-refractivity contribution in [3.8, 4) is 17.2 Å². The maximum Gasteiger partial charge on any atom is 0.231 e. The first kappa shape index (κ1) is 6.95. The van der Waals surface area contributed by atoms with Crippen molar-refractivity contribution >= 4 is 0 Å². The van der Waals surface area contributed by atoms with Gasteiger partial charge in [0.05, 0.1) is 0 Å². The van der Waals surface area contributed by atoms with Crippen LogP contribution in [0.15, 0.2) is 12.1 Å². The number of phenolic OH excluding ortho intramolecular Hbond substituents is 1. The molecule has 1 aliphatic heterocycles. The van der Waals surface area contributed by atoms with E-state index in [0.29, 0.717) is 23.5 Å². The van der Waals surface area contributed by atoms with Crippen molar-refractivity contribution in [2.75, 3.05) is 13.8 Å². The number of nitrogens with one attached hydrogen (secondary N) is 1. The van der Waals surface area contributed by atoms with Crippen LogP contribution in [0.1, 0.15) is 16.6 Å². The largest absolute Gasteiger partial charge is 0.504 e. The van der Waals surface area contributed by atoms with Crippen molar-refractivity contribution in [3.63, 3.8) is 0 Å². The monoisotopic (exact) mass is 212 g/mol. The molecular weight excluding hydrogens is 194 g/mol. The normalized spacial score (nSPS) is 19.1. The molecule has 4 nitrogen and oxygen atoms in total. The van der Waals surface area contributed by atoms with Crippen LogP contribution in [0.25, 0.3) is 0 Å². The smallest absolute Gasteiger partial charge is 0.231 e. The molecule has 2 rings (SSSR count). The van der Waals surface area contributed by atoms with E-state index in [-0.39, 0.29) is 18.6 Å². The average Bonchev–Trinajstić information content (AvgIpc) is 2.68. The Morgan fingerprint density at radius 1 is 1.60 bits per heavy atom. The summed E-state index contributed by atoms with van der Waals surface area (Å²) in [7, 11) is 0. The highest BCUT2D eigenvalue weighted by atomic mass is 16.7. The molecule has 1 heterocycles. The lowest BCUT2D eigenvalue weighted by Crippen LogP contribution is -2.23. The fraction of sp³-hybridized carbons (Fsp3) is 0.455.